The Morgan fingerprint density at radius 1 is 0.542 bits per heavy atom. The van der Waals surface area contributed by atoms with Crippen LogP contribution in [-0.4, -0.2) is 75.6 Å². The molecule has 0 saturated carbocycles. The fraction of sp³-hybridized carbons (Fsp3) is 0.820. The summed E-state index contributed by atoms with van der Waals surface area (Å²) in [6, 6.07) is 0. The number of hydrogen-bond acceptors (Lipinski definition) is 6. The lowest BCUT2D eigenvalue weighted by molar-refractivity contribution is -0.870. The van der Waals surface area contributed by atoms with Gasteiger partial charge in [0, 0.05) is 13.0 Å². The number of phosphoric acid groups is 1. The predicted octanol–water partition coefficient (Wildman–Crippen LogP) is 14.7. The molecule has 0 aliphatic rings. The molecule has 1 N–H and O–H groups in total. The lowest BCUT2D eigenvalue weighted by Gasteiger charge is -2.24. The number of carbonyl (C=O) groups is 1. The molecule has 0 amide bonds. The van der Waals surface area contributed by atoms with Gasteiger partial charge in [-0.25, -0.2) is 4.57 Å². The van der Waals surface area contributed by atoms with E-state index in [1.54, 1.807) is 0 Å². The highest BCUT2D eigenvalue weighted by molar-refractivity contribution is 7.47. The van der Waals surface area contributed by atoms with Gasteiger partial charge in [0.15, 0.2) is 0 Å². The van der Waals surface area contributed by atoms with Crippen LogP contribution in [0.4, 0.5) is 0 Å². The zero-order valence-corrected chi connectivity index (χ0v) is 40.1. The van der Waals surface area contributed by atoms with Crippen LogP contribution in [0.2, 0.25) is 0 Å². The first-order valence-electron chi connectivity index (χ1n) is 24.4. The normalized spacial score (nSPS) is 14.1. The SMILES string of the molecule is CC/C=C\C/C=C\C/C=C\C/C=C\CCCCCCCOCC(COP(=O)(O)OCC[N+](C)(C)C)OC(=O)CCCCCCCCCCCCCCCCCCCCC. The summed E-state index contributed by atoms with van der Waals surface area (Å²) in [7, 11) is 1.66. The van der Waals surface area contributed by atoms with Crippen molar-refractivity contribution in [1.29, 1.82) is 0 Å². The Balaban J connectivity index is 4.19. The molecule has 0 aromatic rings. The Morgan fingerprint density at radius 2 is 0.983 bits per heavy atom. The summed E-state index contributed by atoms with van der Waals surface area (Å²) in [5.74, 6) is -0.318. The average Bonchev–Trinajstić information content (AvgIpc) is 3.19. The van der Waals surface area contributed by atoms with Crippen molar-refractivity contribution >= 4 is 13.8 Å². The molecule has 0 aliphatic heterocycles. The van der Waals surface area contributed by atoms with Crippen LogP contribution in [-0.2, 0) is 27.9 Å². The molecule has 0 rings (SSSR count). The van der Waals surface area contributed by atoms with Gasteiger partial charge in [-0.1, -0.05) is 197 Å². The maximum absolute atomic E-state index is 12.7. The Labute approximate surface area is 365 Å². The number of allylic oxidation sites excluding steroid dienone is 8. The second-order valence-corrected chi connectivity index (χ2v) is 18.9. The zero-order chi connectivity index (χ0) is 43.4. The topological polar surface area (TPSA) is 91.3 Å². The highest BCUT2D eigenvalue weighted by atomic mass is 31.2. The van der Waals surface area contributed by atoms with Crippen LogP contribution in [0.25, 0.3) is 0 Å². The van der Waals surface area contributed by atoms with E-state index >= 15 is 0 Å². The molecule has 0 radical (unpaired) electrons. The van der Waals surface area contributed by atoms with Gasteiger partial charge >= 0.3 is 13.8 Å². The van der Waals surface area contributed by atoms with Crippen molar-refractivity contribution in [3.8, 4) is 0 Å². The van der Waals surface area contributed by atoms with E-state index in [0.717, 1.165) is 70.6 Å². The molecule has 0 aromatic carbocycles. The molecule has 346 valence electrons. The number of likely N-dealkylation sites (N-methyl/N-ethyl adjacent to an activating group) is 1. The van der Waals surface area contributed by atoms with Gasteiger partial charge in [0.05, 0.1) is 34.4 Å². The number of quaternary nitrogens is 1. The van der Waals surface area contributed by atoms with E-state index in [4.69, 9.17) is 18.5 Å². The number of ether oxygens (including phenoxy) is 2. The van der Waals surface area contributed by atoms with Crippen LogP contribution in [0.5, 0.6) is 0 Å². The number of nitrogens with zero attached hydrogens (tertiary/aromatic N) is 1. The first-order valence-corrected chi connectivity index (χ1v) is 25.9. The van der Waals surface area contributed by atoms with E-state index in [9.17, 15) is 14.3 Å². The molecule has 9 heteroatoms. The second-order valence-electron chi connectivity index (χ2n) is 17.5. The molecule has 0 aliphatic carbocycles. The second kappa shape index (κ2) is 43.1. The summed E-state index contributed by atoms with van der Waals surface area (Å²) < 4.78 is 35.1. The van der Waals surface area contributed by atoms with Crippen molar-refractivity contribution in [2.24, 2.45) is 0 Å². The van der Waals surface area contributed by atoms with E-state index in [2.05, 4.69) is 62.5 Å². The van der Waals surface area contributed by atoms with Gasteiger partial charge in [0.2, 0.25) is 0 Å². The summed E-state index contributed by atoms with van der Waals surface area (Å²) >= 11 is 0. The van der Waals surface area contributed by atoms with Gasteiger partial charge in [-0.15, -0.1) is 0 Å². The van der Waals surface area contributed by atoms with Crippen LogP contribution in [0.1, 0.15) is 206 Å². The molecule has 2 atom stereocenters. The fourth-order valence-electron chi connectivity index (χ4n) is 6.66. The summed E-state index contributed by atoms with van der Waals surface area (Å²) in [5, 5.41) is 0. The molecular weight excluding hydrogens is 758 g/mol. The Kier molecular flexibility index (Phi) is 42.0. The standard InChI is InChI=1S/C50H94NO7P/c1-6-8-10-12-14-16-18-20-22-24-26-27-29-31-33-35-37-39-41-43-50(52)58-49(48-57-59(53,54)56-46-44-51(3,4)5)47-55-45-42-40-38-36-34-32-30-28-25-23-21-19-17-15-13-11-9-7-2/h9,11,15,17,21,23,28,30,49H,6-8,10,12-14,16,18-20,22,24-27,29,31-48H2,1-5H3/p+1/b11-9-,17-15-,23-21-,30-28-. The third-order valence-electron chi connectivity index (χ3n) is 10.4. The fourth-order valence-corrected chi connectivity index (χ4v) is 7.40. The minimum atomic E-state index is -4.28. The van der Waals surface area contributed by atoms with E-state index in [0.29, 0.717) is 24.1 Å². The quantitative estimate of drug-likeness (QED) is 0.0214. The largest absolute Gasteiger partial charge is 0.472 e. The lowest BCUT2D eigenvalue weighted by atomic mass is 10.0. The predicted molar refractivity (Wildman–Crippen MR) is 252 cm³/mol. The van der Waals surface area contributed by atoms with Gasteiger partial charge in [-0.05, 0) is 51.4 Å². The van der Waals surface area contributed by atoms with E-state index in [1.807, 2.05) is 21.1 Å². The van der Waals surface area contributed by atoms with Crippen molar-refractivity contribution in [3.05, 3.63) is 48.6 Å². The van der Waals surface area contributed by atoms with E-state index < -0.39 is 13.9 Å². The minimum absolute atomic E-state index is 0.0844. The number of carbonyl (C=O) groups excluding carboxylic acids is 1. The maximum Gasteiger partial charge on any atom is 0.472 e. The number of rotatable bonds is 45. The van der Waals surface area contributed by atoms with Crippen molar-refractivity contribution in [3.63, 3.8) is 0 Å². The zero-order valence-electron chi connectivity index (χ0n) is 39.2. The highest BCUT2D eigenvalue weighted by Crippen LogP contribution is 2.43. The molecule has 0 bridgehead atoms. The van der Waals surface area contributed by atoms with Crippen molar-refractivity contribution in [2.45, 2.75) is 213 Å². The molecule has 0 heterocycles. The lowest BCUT2D eigenvalue weighted by Crippen LogP contribution is -2.37. The minimum Gasteiger partial charge on any atom is -0.457 e. The summed E-state index contributed by atoms with van der Waals surface area (Å²) in [6.45, 7) is 5.49. The Hall–Kier alpha value is -1.54. The molecule has 0 aromatic heterocycles. The summed E-state index contributed by atoms with van der Waals surface area (Å²) in [5.41, 5.74) is 0. The summed E-state index contributed by atoms with van der Waals surface area (Å²) in [6.07, 6.45) is 52.9. The van der Waals surface area contributed by atoms with Crippen LogP contribution < -0.4 is 0 Å². The van der Waals surface area contributed by atoms with Crippen LogP contribution in [0.3, 0.4) is 0 Å². The number of hydrogen-bond donors (Lipinski definition) is 1. The molecule has 0 fully saturated rings. The van der Waals surface area contributed by atoms with Crippen LogP contribution >= 0.6 is 7.82 Å². The van der Waals surface area contributed by atoms with E-state index in [1.165, 1.54) is 116 Å². The molecule has 0 saturated heterocycles. The van der Waals surface area contributed by atoms with Gasteiger partial charge < -0.3 is 18.9 Å². The number of phosphoric ester groups is 1. The molecule has 2 unspecified atom stereocenters. The van der Waals surface area contributed by atoms with Crippen LogP contribution in [0, 0.1) is 0 Å². The van der Waals surface area contributed by atoms with Crippen molar-refractivity contribution < 1.29 is 37.3 Å². The van der Waals surface area contributed by atoms with Gasteiger partial charge in [-0.2, -0.15) is 0 Å². The first-order chi connectivity index (χ1) is 28.6. The summed E-state index contributed by atoms with van der Waals surface area (Å²) in [4.78, 5) is 23.0. The highest BCUT2D eigenvalue weighted by Gasteiger charge is 2.26. The van der Waals surface area contributed by atoms with Gasteiger partial charge in [-0.3, -0.25) is 13.8 Å². The average molecular weight is 853 g/mol. The molecule has 0 spiro atoms. The van der Waals surface area contributed by atoms with Gasteiger partial charge in [0.1, 0.15) is 19.3 Å². The van der Waals surface area contributed by atoms with Gasteiger partial charge in [0.25, 0.3) is 0 Å². The Morgan fingerprint density at radius 3 is 1.47 bits per heavy atom. The molecule has 59 heavy (non-hydrogen) atoms. The Bertz CT molecular complexity index is 1080. The number of esters is 1. The first kappa shape index (κ1) is 57.5. The maximum atomic E-state index is 12.7. The van der Waals surface area contributed by atoms with Crippen molar-refractivity contribution in [1.82, 2.24) is 0 Å². The van der Waals surface area contributed by atoms with Crippen molar-refractivity contribution in [2.75, 3.05) is 54.1 Å². The third kappa shape index (κ3) is 47.4. The van der Waals surface area contributed by atoms with E-state index in [-0.39, 0.29) is 25.8 Å². The number of unbranched alkanes of at least 4 members (excludes halogenated alkanes) is 23. The third-order valence-corrected chi connectivity index (χ3v) is 11.4. The van der Waals surface area contributed by atoms with Crippen LogP contribution in [0.15, 0.2) is 48.6 Å². The smallest absolute Gasteiger partial charge is 0.457 e. The molecular formula is C50H95NO7P+. The monoisotopic (exact) mass is 853 g/mol. The molecule has 8 nitrogen and oxygen atoms in total.